The molecule has 1 saturated carbocycles. The minimum absolute atomic E-state index is 0.0805. The van der Waals surface area contributed by atoms with E-state index < -0.39 is 23.4 Å². The molecule has 3 N–H and O–H groups in total. The molecule has 0 atom stereocenters. The molecule has 0 bridgehead atoms. The van der Waals surface area contributed by atoms with E-state index in [9.17, 15) is 18.3 Å². The van der Waals surface area contributed by atoms with Gasteiger partial charge in [0.2, 0.25) is 0 Å². The number of nitrogens with two attached hydrogens (primary N) is 1. The average Bonchev–Trinajstić information content (AvgIpc) is 2.32. The third-order valence-electron chi connectivity index (χ3n) is 3.51. The molecular formula is C12H15F3N2O. The Hall–Kier alpha value is -1.14. The summed E-state index contributed by atoms with van der Waals surface area (Å²) >= 11 is 0. The van der Waals surface area contributed by atoms with Crippen LogP contribution in [0.5, 0.6) is 0 Å². The van der Waals surface area contributed by atoms with Gasteiger partial charge >= 0.3 is 6.18 Å². The maximum absolute atomic E-state index is 12.9. The summed E-state index contributed by atoms with van der Waals surface area (Å²) in [5, 5.41) is 9.43. The fourth-order valence-corrected chi connectivity index (χ4v) is 2.44. The molecule has 100 valence electrons. The van der Waals surface area contributed by atoms with Gasteiger partial charge < -0.3 is 10.8 Å². The van der Waals surface area contributed by atoms with Gasteiger partial charge in [0.25, 0.3) is 0 Å². The molecule has 1 heterocycles. The van der Waals surface area contributed by atoms with Crippen molar-refractivity contribution in [1.29, 1.82) is 0 Å². The van der Waals surface area contributed by atoms with Gasteiger partial charge in [-0.1, -0.05) is 0 Å². The Morgan fingerprint density at radius 1 is 1.33 bits per heavy atom. The zero-order valence-electron chi connectivity index (χ0n) is 9.74. The molecule has 1 aliphatic rings. The lowest BCUT2D eigenvalue weighted by Gasteiger charge is -2.37. The largest absolute Gasteiger partial charge is 0.418 e. The lowest BCUT2D eigenvalue weighted by Crippen LogP contribution is -2.43. The number of aromatic nitrogens is 1. The molecule has 0 saturated heterocycles. The quantitative estimate of drug-likeness (QED) is 0.813. The number of alkyl halides is 3. The first-order valence-electron chi connectivity index (χ1n) is 5.81. The molecule has 0 aliphatic heterocycles. The normalized spacial score (nSPS) is 29.3. The number of aliphatic hydroxyl groups is 1. The first-order chi connectivity index (χ1) is 8.33. The molecular weight excluding hydrogens is 245 g/mol. The van der Waals surface area contributed by atoms with Crippen molar-refractivity contribution in [1.82, 2.24) is 4.98 Å². The van der Waals surface area contributed by atoms with E-state index in [0.717, 1.165) is 6.20 Å². The molecule has 2 rings (SSSR count). The summed E-state index contributed by atoms with van der Waals surface area (Å²) < 4.78 is 38.7. The van der Waals surface area contributed by atoms with Crippen molar-refractivity contribution in [2.45, 2.75) is 43.5 Å². The van der Waals surface area contributed by atoms with E-state index in [0.29, 0.717) is 25.7 Å². The van der Waals surface area contributed by atoms with Crippen LogP contribution in [-0.4, -0.2) is 16.2 Å². The van der Waals surface area contributed by atoms with Crippen LogP contribution < -0.4 is 5.73 Å². The standard InChI is InChI=1S/C12H15F3N2O/c13-12(14,15)10-7-17-6-3-9(10)11(16)4-1-8(18)2-5-11/h3,6-8,18H,1-2,4-5,16H2. The molecule has 0 spiro atoms. The van der Waals surface area contributed by atoms with Gasteiger partial charge in [0.05, 0.1) is 11.7 Å². The number of pyridine rings is 1. The fraction of sp³-hybridized carbons (Fsp3) is 0.583. The number of nitrogens with zero attached hydrogens (tertiary/aromatic N) is 1. The van der Waals surface area contributed by atoms with Crippen LogP contribution in [0.1, 0.15) is 36.8 Å². The van der Waals surface area contributed by atoms with Gasteiger partial charge in [-0.15, -0.1) is 0 Å². The summed E-state index contributed by atoms with van der Waals surface area (Å²) in [6, 6.07) is 1.33. The second-order valence-electron chi connectivity index (χ2n) is 4.81. The molecule has 0 radical (unpaired) electrons. The van der Waals surface area contributed by atoms with Crippen LogP contribution in [-0.2, 0) is 11.7 Å². The first-order valence-corrected chi connectivity index (χ1v) is 5.81. The maximum atomic E-state index is 12.9. The highest BCUT2D eigenvalue weighted by Crippen LogP contribution is 2.41. The van der Waals surface area contributed by atoms with Crippen LogP contribution in [0.4, 0.5) is 13.2 Å². The minimum Gasteiger partial charge on any atom is -0.393 e. The highest BCUT2D eigenvalue weighted by molar-refractivity contribution is 5.33. The number of aliphatic hydroxyl groups excluding tert-OH is 1. The maximum Gasteiger partial charge on any atom is 0.418 e. The molecule has 6 heteroatoms. The second kappa shape index (κ2) is 4.51. The van der Waals surface area contributed by atoms with Crippen LogP contribution in [0.15, 0.2) is 18.5 Å². The number of halogens is 3. The fourth-order valence-electron chi connectivity index (χ4n) is 2.44. The lowest BCUT2D eigenvalue weighted by atomic mass is 9.75. The third-order valence-corrected chi connectivity index (χ3v) is 3.51. The zero-order chi connectivity index (χ0) is 13.4. The molecule has 1 aliphatic carbocycles. The van der Waals surface area contributed by atoms with Crippen LogP contribution in [0.2, 0.25) is 0 Å². The van der Waals surface area contributed by atoms with Crippen LogP contribution in [0.3, 0.4) is 0 Å². The van der Waals surface area contributed by atoms with Crippen molar-refractivity contribution >= 4 is 0 Å². The molecule has 0 unspecified atom stereocenters. The lowest BCUT2D eigenvalue weighted by molar-refractivity contribution is -0.139. The van der Waals surface area contributed by atoms with Crippen molar-refractivity contribution in [3.63, 3.8) is 0 Å². The van der Waals surface area contributed by atoms with Gasteiger partial charge in [0, 0.05) is 17.9 Å². The zero-order valence-corrected chi connectivity index (χ0v) is 9.74. The van der Waals surface area contributed by atoms with E-state index in [1.54, 1.807) is 0 Å². The first kappa shape index (κ1) is 13.3. The average molecular weight is 260 g/mol. The molecule has 18 heavy (non-hydrogen) atoms. The SMILES string of the molecule is NC1(c2ccncc2C(F)(F)F)CCC(O)CC1. The Morgan fingerprint density at radius 3 is 2.50 bits per heavy atom. The van der Waals surface area contributed by atoms with E-state index in [1.807, 2.05) is 0 Å². The predicted octanol–water partition coefficient (Wildman–Crippen LogP) is 2.19. The highest BCUT2D eigenvalue weighted by Gasteiger charge is 2.41. The number of hydrogen-bond donors (Lipinski definition) is 2. The monoisotopic (exact) mass is 260 g/mol. The molecule has 1 aromatic rings. The topological polar surface area (TPSA) is 59.1 Å². The summed E-state index contributed by atoms with van der Waals surface area (Å²) in [6.45, 7) is 0. The van der Waals surface area contributed by atoms with E-state index in [1.165, 1.54) is 12.3 Å². The van der Waals surface area contributed by atoms with Crippen molar-refractivity contribution < 1.29 is 18.3 Å². The Kier molecular flexibility index (Phi) is 3.33. The van der Waals surface area contributed by atoms with E-state index >= 15 is 0 Å². The number of hydrogen-bond acceptors (Lipinski definition) is 3. The Bertz CT molecular complexity index is 426. The van der Waals surface area contributed by atoms with Crippen molar-refractivity contribution in [2.24, 2.45) is 5.73 Å². The van der Waals surface area contributed by atoms with Crippen molar-refractivity contribution in [3.05, 3.63) is 29.6 Å². The highest BCUT2D eigenvalue weighted by atomic mass is 19.4. The Balaban J connectivity index is 2.39. The van der Waals surface area contributed by atoms with Gasteiger partial charge in [-0.3, -0.25) is 4.98 Å². The summed E-state index contributed by atoms with van der Waals surface area (Å²) in [6.07, 6.45) is -1.22. The van der Waals surface area contributed by atoms with Gasteiger partial charge in [-0.05, 0) is 37.3 Å². The van der Waals surface area contributed by atoms with E-state index in [2.05, 4.69) is 4.98 Å². The van der Waals surface area contributed by atoms with E-state index in [-0.39, 0.29) is 5.56 Å². The summed E-state index contributed by atoms with van der Waals surface area (Å²) in [4.78, 5) is 3.53. The molecule has 0 amide bonds. The van der Waals surface area contributed by atoms with E-state index in [4.69, 9.17) is 5.73 Å². The van der Waals surface area contributed by atoms with Gasteiger partial charge in [-0.25, -0.2) is 0 Å². The third kappa shape index (κ3) is 2.49. The van der Waals surface area contributed by atoms with Gasteiger partial charge in [0.1, 0.15) is 0 Å². The summed E-state index contributed by atoms with van der Waals surface area (Å²) in [7, 11) is 0. The molecule has 3 nitrogen and oxygen atoms in total. The van der Waals surface area contributed by atoms with Gasteiger partial charge in [-0.2, -0.15) is 13.2 Å². The molecule has 1 aromatic heterocycles. The van der Waals surface area contributed by atoms with Crippen molar-refractivity contribution in [3.8, 4) is 0 Å². The summed E-state index contributed by atoms with van der Waals surface area (Å²) in [5.41, 5.74) is 4.39. The smallest absolute Gasteiger partial charge is 0.393 e. The van der Waals surface area contributed by atoms with Crippen LogP contribution >= 0.6 is 0 Å². The van der Waals surface area contributed by atoms with Gasteiger partial charge in [0.15, 0.2) is 0 Å². The minimum atomic E-state index is -4.45. The molecule has 0 aromatic carbocycles. The number of rotatable bonds is 1. The summed E-state index contributed by atoms with van der Waals surface area (Å²) in [5.74, 6) is 0. The van der Waals surface area contributed by atoms with Crippen LogP contribution in [0, 0.1) is 0 Å². The Labute approximate surface area is 103 Å². The second-order valence-corrected chi connectivity index (χ2v) is 4.81. The van der Waals surface area contributed by atoms with Crippen molar-refractivity contribution in [2.75, 3.05) is 0 Å². The van der Waals surface area contributed by atoms with Crippen LogP contribution in [0.25, 0.3) is 0 Å². The predicted molar refractivity (Wildman–Crippen MR) is 59.6 cm³/mol. The molecule has 1 fully saturated rings. The Morgan fingerprint density at radius 2 is 1.94 bits per heavy atom.